The summed E-state index contributed by atoms with van der Waals surface area (Å²) in [5.41, 5.74) is 0. The van der Waals surface area contributed by atoms with E-state index in [4.69, 9.17) is 4.74 Å². The Bertz CT molecular complexity index is 135. The summed E-state index contributed by atoms with van der Waals surface area (Å²) in [5, 5.41) is 0. The van der Waals surface area contributed by atoms with Crippen LogP contribution in [0.3, 0.4) is 0 Å². The second kappa shape index (κ2) is 5.28. The van der Waals surface area contributed by atoms with Crippen molar-refractivity contribution in [3.8, 4) is 0 Å². The molecule has 0 aromatic heterocycles. The molecule has 0 amide bonds. The Morgan fingerprint density at radius 3 is 2.08 bits per heavy atom. The maximum atomic E-state index is 5.60. The van der Waals surface area contributed by atoms with E-state index in [2.05, 4.69) is 41.3 Å². The monoisotopic (exact) mass is 278 g/mol. The summed E-state index contributed by atoms with van der Waals surface area (Å²) in [5.74, 6) is 0. The first-order valence-electron chi connectivity index (χ1n) is 4.62. The van der Waals surface area contributed by atoms with E-state index < -0.39 is 18.4 Å². The van der Waals surface area contributed by atoms with Crippen LogP contribution in [0.25, 0.3) is 0 Å². The van der Waals surface area contributed by atoms with Gasteiger partial charge in [-0.05, 0) is 0 Å². The van der Waals surface area contributed by atoms with E-state index in [1.54, 1.807) is 0 Å². The molecule has 0 aliphatic carbocycles. The van der Waals surface area contributed by atoms with Crippen LogP contribution in [0.5, 0.6) is 0 Å². The van der Waals surface area contributed by atoms with Crippen molar-refractivity contribution < 1.29 is 4.74 Å². The standard InChI is InChI=1S/C7H13O.3CH3.Sn/c1-4-5-6-8-7(2)3;;;;/h4-5,7H,1,6H2,2-3H3;3*1H3;. The van der Waals surface area contributed by atoms with E-state index in [0.29, 0.717) is 10.0 Å². The topological polar surface area (TPSA) is 9.23 Å². The average Bonchev–Trinajstić information content (AvgIpc) is 1.85. The Morgan fingerprint density at radius 2 is 1.83 bits per heavy atom. The second-order valence-electron chi connectivity index (χ2n) is 4.59. The summed E-state index contributed by atoms with van der Waals surface area (Å²) in [6.45, 7) is 8.92. The first kappa shape index (κ1) is 12.5. The van der Waals surface area contributed by atoms with Gasteiger partial charge in [-0.1, -0.05) is 0 Å². The first-order chi connectivity index (χ1) is 5.38. The average molecular weight is 277 g/mol. The fraction of sp³-hybridized carbons (Fsp3) is 0.800. The third-order valence-corrected chi connectivity index (χ3v) is 9.50. The van der Waals surface area contributed by atoms with Crippen molar-refractivity contribution in [1.82, 2.24) is 0 Å². The van der Waals surface area contributed by atoms with Crippen molar-refractivity contribution in [2.75, 3.05) is 6.61 Å². The van der Waals surface area contributed by atoms with Crippen molar-refractivity contribution in [2.45, 2.75) is 38.7 Å². The van der Waals surface area contributed by atoms with Gasteiger partial charge in [-0.3, -0.25) is 0 Å². The molecule has 0 aromatic rings. The molecule has 2 heteroatoms. The van der Waals surface area contributed by atoms with Gasteiger partial charge >= 0.3 is 81.1 Å². The molecular weight excluding hydrogens is 255 g/mol. The van der Waals surface area contributed by atoms with Gasteiger partial charge in [-0.25, -0.2) is 0 Å². The maximum absolute atomic E-state index is 5.60. The van der Waals surface area contributed by atoms with Gasteiger partial charge in [0.25, 0.3) is 0 Å². The summed E-state index contributed by atoms with van der Waals surface area (Å²) < 4.78 is 6.26. The summed E-state index contributed by atoms with van der Waals surface area (Å²) in [4.78, 5) is 7.26. The predicted molar refractivity (Wildman–Crippen MR) is 58.4 cm³/mol. The molecule has 0 aliphatic rings. The molecular formula is C10H22OSn. The first-order valence-corrected chi connectivity index (χ1v) is 14.8. The fourth-order valence-electron chi connectivity index (χ4n) is 0.968. The van der Waals surface area contributed by atoms with Gasteiger partial charge in [0.2, 0.25) is 0 Å². The van der Waals surface area contributed by atoms with Crippen molar-refractivity contribution in [1.29, 1.82) is 0 Å². The molecule has 0 aromatic carbocycles. The molecule has 0 rings (SSSR count). The Balaban J connectivity index is 3.93. The van der Waals surface area contributed by atoms with Gasteiger partial charge in [-0.2, -0.15) is 0 Å². The molecule has 12 heavy (non-hydrogen) atoms. The third-order valence-electron chi connectivity index (χ3n) is 2.01. The molecule has 0 bridgehead atoms. The second-order valence-corrected chi connectivity index (χ2v) is 20.2. The van der Waals surface area contributed by atoms with Crippen LogP contribution in [0, 0.1) is 0 Å². The predicted octanol–water partition coefficient (Wildman–Crippen LogP) is 3.31. The SMILES string of the molecule is C=C[CH](COC(C)C)[Sn]([CH3])([CH3])[CH3]. The van der Waals surface area contributed by atoms with E-state index >= 15 is 0 Å². The molecule has 1 unspecified atom stereocenters. The molecule has 0 heterocycles. The van der Waals surface area contributed by atoms with Crippen LogP contribution in [-0.4, -0.2) is 31.1 Å². The van der Waals surface area contributed by atoms with E-state index in [0.717, 1.165) is 6.61 Å². The van der Waals surface area contributed by atoms with Crippen LogP contribution >= 0.6 is 0 Å². The van der Waals surface area contributed by atoms with E-state index in [1.165, 1.54) is 0 Å². The molecule has 0 radical (unpaired) electrons. The van der Waals surface area contributed by atoms with Crippen LogP contribution in [0.4, 0.5) is 0 Å². The number of rotatable bonds is 5. The Labute approximate surface area is 81.1 Å². The van der Waals surface area contributed by atoms with E-state index in [-0.39, 0.29) is 0 Å². The third kappa shape index (κ3) is 5.20. The molecule has 0 fully saturated rings. The van der Waals surface area contributed by atoms with E-state index in [1.807, 2.05) is 0 Å². The number of hydrogen-bond donors (Lipinski definition) is 0. The Hall–Kier alpha value is 0.499. The zero-order chi connectivity index (χ0) is 9.78. The van der Waals surface area contributed by atoms with Crippen molar-refractivity contribution >= 4 is 18.4 Å². The number of ether oxygens (including phenoxy) is 1. The van der Waals surface area contributed by atoms with Gasteiger partial charge in [-0.15, -0.1) is 0 Å². The molecule has 1 atom stereocenters. The molecule has 72 valence electrons. The van der Waals surface area contributed by atoms with E-state index in [9.17, 15) is 0 Å². The van der Waals surface area contributed by atoms with Crippen LogP contribution in [0.2, 0.25) is 18.8 Å². The molecule has 0 saturated carbocycles. The Morgan fingerprint density at radius 1 is 1.33 bits per heavy atom. The minimum atomic E-state index is -1.79. The summed E-state index contributed by atoms with van der Waals surface area (Å²) in [7, 11) is 0. The molecule has 1 nitrogen and oxygen atoms in total. The summed E-state index contributed by atoms with van der Waals surface area (Å²) in [6.07, 6.45) is 2.43. The van der Waals surface area contributed by atoms with Crippen LogP contribution in [-0.2, 0) is 4.74 Å². The zero-order valence-electron chi connectivity index (χ0n) is 9.05. The van der Waals surface area contributed by atoms with Crippen molar-refractivity contribution in [3.05, 3.63) is 12.7 Å². The minimum absolute atomic E-state index is 0.348. The number of hydrogen-bond acceptors (Lipinski definition) is 1. The van der Waals surface area contributed by atoms with Crippen molar-refractivity contribution in [3.63, 3.8) is 0 Å². The molecule has 0 N–H and O–H groups in total. The van der Waals surface area contributed by atoms with Crippen LogP contribution in [0.1, 0.15) is 13.8 Å². The zero-order valence-corrected chi connectivity index (χ0v) is 11.9. The molecule has 0 aliphatic heterocycles. The summed E-state index contributed by atoms with van der Waals surface area (Å²) >= 11 is -1.79. The van der Waals surface area contributed by atoms with Gasteiger partial charge in [0.05, 0.1) is 0 Å². The van der Waals surface area contributed by atoms with Gasteiger partial charge in [0, 0.05) is 0 Å². The van der Waals surface area contributed by atoms with Gasteiger partial charge < -0.3 is 0 Å². The van der Waals surface area contributed by atoms with Gasteiger partial charge in [0.1, 0.15) is 0 Å². The Kier molecular flexibility index (Phi) is 5.50. The fourth-order valence-corrected chi connectivity index (χ4v) is 4.69. The van der Waals surface area contributed by atoms with Crippen LogP contribution < -0.4 is 0 Å². The van der Waals surface area contributed by atoms with Crippen LogP contribution in [0.15, 0.2) is 12.7 Å². The van der Waals surface area contributed by atoms with Gasteiger partial charge in [0.15, 0.2) is 0 Å². The van der Waals surface area contributed by atoms with Crippen molar-refractivity contribution in [2.24, 2.45) is 0 Å². The quantitative estimate of drug-likeness (QED) is 0.553. The molecule has 0 spiro atoms. The molecule has 0 saturated heterocycles. The normalized spacial score (nSPS) is 14.8. The summed E-state index contributed by atoms with van der Waals surface area (Å²) in [6, 6.07) is 0.